The molecule has 0 unspecified atom stereocenters. The van der Waals surface area contributed by atoms with Gasteiger partial charge >= 0.3 is 0 Å². The van der Waals surface area contributed by atoms with Gasteiger partial charge in [-0.25, -0.2) is 9.36 Å². The zero-order valence-electron chi connectivity index (χ0n) is 9.58. The van der Waals surface area contributed by atoms with Crippen molar-refractivity contribution in [3.63, 3.8) is 0 Å². The molecule has 1 fully saturated rings. The third-order valence-electron chi connectivity index (χ3n) is 3.20. The normalized spacial score (nSPS) is 17.4. The van der Waals surface area contributed by atoms with Crippen molar-refractivity contribution in [2.24, 2.45) is 5.92 Å². The van der Waals surface area contributed by atoms with E-state index in [0.29, 0.717) is 5.92 Å². The molecule has 2 aromatic rings. The third kappa shape index (κ3) is 2.40. The van der Waals surface area contributed by atoms with Crippen LogP contribution >= 0.6 is 11.5 Å². The van der Waals surface area contributed by atoms with E-state index in [1.807, 2.05) is 17.8 Å². The van der Waals surface area contributed by atoms with Crippen LogP contribution in [0.3, 0.4) is 0 Å². The van der Waals surface area contributed by atoms with Crippen molar-refractivity contribution in [3.8, 4) is 11.4 Å². The molecule has 0 bridgehead atoms. The molecule has 1 aliphatic heterocycles. The Morgan fingerprint density at radius 3 is 3.06 bits per heavy atom. The van der Waals surface area contributed by atoms with Gasteiger partial charge in [0, 0.05) is 43.1 Å². The van der Waals surface area contributed by atoms with Gasteiger partial charge in [0.05, 0.1) is 6.20 Å². The van der Waals surface area contributed by atoms with Crippen LogP contribution < -0.4 is 0 Å². The lowest BCUT2D eigenvalue weighted by atomic mass is 10.0. The van der Waals surface area contributed by atoms with Crippen LogP contribution in [0.5, 0.6) is 0 Å². The van der Waals surface area contributed by atoms with E-state index in [0.717, 1.165) is 44.0 Å². The first-order valence-electron chi connectivity index (χ1n) is 5.92. The van der Waals surface area contributed by atoms with Crippen LogP contribution in [0.4, 0.5) is 0 Å². The van der Waals surface area contributed by atoms with E-state index in [1.165, 1.54) is 11.5 Å². The van der Waals surface area contributed by atoms with Crippen LogP contribution in [-0.4, -0.2) is 27.1 Å². The minimum Gasteiger partial charge on any atom is -0.381 e. The van der Waals surface area contributed by atoms with E-state index in [-0.39, 0.29) is 0 Å². The van der Waals surface area contributed by atoms with Crippen molar-refractivity contribution >= 4 is 11.5 Å². The largest absolute Gasteiger partial charge is 0.381 e. The number of hydrogen-bond donors (Lipinski definition) is 0. The van der Waals surface area contributed by atoms with Crippen LogP contribution in [0.25, 0.3) is 11.4 Å². The van der Waals surface area contributed by atoms with Gasteiger partial charge in [-0.3, -0.25) is 0 Å². The molecule has 1 aliphatic rings. The molecule has 0 amide bonds. The number of rotatable bonds is 3. The summed E-state index contributed by atoms with van der Waals surface area (Å²) in [4.78, 5) is 4.42. The topological polar surface area (TPSA) is 39.9 Å². The molecule has 2 aromatic heterocycles. The van der Waals surface area contributed by atoms with Crippen molar-refractivity contribution in [1.82, 2.24) is 13.9 Å². The predicted molar refractivity (Wildman–Crippen MR) is 66.9 cm³/mol. The van der Waals surface area contributed by atoms with Gasteiger partial charge in [-0.15, -0.1) is 0 Å². The standard InChI is InChI=1S/C12H15N3OS/c1-5-16-6-2-10(1)8-15-4-3-13-12(15)11-7-14-17-9-11/h3-4,7,9-10H,1-2,5-6,8H2. The SMILES string of the molecule is c1cn(CC2CCOCC2)c(-c2cnsc2)n1. The summed E-state index contributed by atoms with van der Waals surface area (Å²) in [5.41, 5.74) is 1.12. The number of nitrogens with zero attached hydrogens (tertiary/aromatic N) is 3. The second kappa shape index (κ2) is 4.98. The first kappa shape index (κ1) is 10.9. The number of ether oxygens (including phenoxy) is 1. The third-order valence-corrected chi connectivity index (χ3v) is 3.79. The van der Waals surface area contributed by atoms with Gasteiger partial charge in [0.1, 0.15) is 5.82 Å². The highest BCUT2D eigenvalue weighted by atomic mass is 32.1. The maximum Gasteiger partial charge on any atom is 0.142 e. The zero-order valence-corrected chi connectivity index (χ0v) is 10.4. The minimum absolute atomic E-state index is 0.711. The maximum absolute atomic E-state index is 5.39. The Balaban J connectivity index is 1.77. The minimum atomic E-state index is 0.711. The Hall–Kier alpha value is -1.20. The van der Waals surface area contributed by atoms with Gasteiger partial charge in [0.15, 0.2) is 0 Å². The van der Waals surface area contributed by atoms with Crippen LogP contribution in [0.1, 0.15) is 12.8 Å². The van der Waals surface area contributed by atoms with Crippen LogP contribution in [0, 0.1) is 5.92 Å². The van der Waals surface area contributed by atoms with E-state index in [1.54, 1.807) is 0 Å². The van der Waals surface area contributed by atoms with Gasteiger partial charge in [-0.1, -0.05) is 0 Å². The van der Waals surface area contributed by atoms with Gasteiger partial charge in [0.25, 0.3) is 0 Å². The lowest BCUT2D eigenvalue weighted by Crippen LogP contribution is -2.20. The average Bonchev–Trinajstić information content (AvgIpc) is 3.00. The summed E-state index contributed by atoms with van der Waals surface area (Å²) < 4.78 is 11.8. The summed E-state index contributed by atoms with van der Waals surface area (Å²) in [6.45, 7) is 2.83. The number of aromatic nitrogens is 3. The molecule has 5 heteroatoms. The molecule has 90 valence electrons. The van der Waals surface area contributed by atoms with Gasteiger partial charge in [-0.05, 0) is 30.3 Å². The molecule has 0 aliphatic carbocycles. The molecule has 1 saturated heterocycles. The summed E-state index contributed by atoms with van der Waals surface area (Å²) in [5.74, 6) is 1.74. The fourth-order valence-corrected chi connectivity index (χ4v) is 2.75. The lowest BCUT2D eigenvalue weighted by molar-refractivity contribution is 0.0614. The Bertz CT molecular complexity index is 460. The Labute approximate surface area is 104 Å². The first-order chi connectivity index (χ1) is 8.43. The summed E-state index contributed by atoms with van der Waals surface area (Å²) in [6, 6.07) is 0. The molecular formula is C12H15N3OS. The Morgan fingerprint density at radius 2 is 2.29 bits per heavy atom. The second-order valence-electron chi connectivity index (χ2n) is 4.37. The Kier molecular flexibility index (Phi) is 3.20. The van der Waals surface area contributed by atoms with E-state index in [9.17, 15) is 0 Å². The van der Waals surface area contributed by atoms with Crippen molar-refractivity contribution in [3.05, 3.63) is 24.0 Å². The molecule has 0 radical (unpaired) electrons. The molecule has 3 heterocycles. The highest BCUT2D eigenvalue weighted by Crippen LogP contribution is 2.22. The quantitative estimate of drug-likeness (QED) is 0.838. The summed E-state index contributed by atoms with van der Waals surface area (Å²) in [6.07, 6.45) is 8.11. The number of imidazole rings is 1. The van der Waals surface area contributed by atoms with Crippen molar-refractivity contribution in [1.29, 1.82) is 0 Å². The summed E-state index contributed by atoms with van der Waals surface area (Å²) >= 11 is 1.47. The highest BCUT2D eigenvalue weighted by Gasteiger charge is 2.16. The molecule has 4 nitrogen and oxygen atoms in total. The van der Waals surface area contributed by atoms with Gasteiger partial charge in [-0.2, -0.15) is 0 Å². The van der Waals surface area contributed by atoms with Crippen molar-refractivity contribution in [2.75, 3.05) is 13.2 Å². The lowest BCUT2D eigenvalue weighted by Gasteiger charge is -2.22. The molecule has 3 rings (SSSR count). The Morgan fingerprint density at radius 1 is 1.41 bits per heavy atom. The molecular weight excluding hydrogens is 234 g/mol. The molecule has 0 N–H and O–H groups in total. The molecule has 0 saturated carbocycles. The van der Waals surface area contributed by atoms with E-state index < -0.39 is 0 Å². The van der Waals surface area contributed by atoms with E-state index in [4.69, 9.17) is 4.74 Å². The van der Waals surface area contributed by atoms with Gasteiger partial charge < -0.3 is 9.30 Å². The highest BCUT2D eigenvalue weighted by molar-refractivity contribution is 7.03. The molecule has 0 aromatic carbocycles. The number of hydrogen-bond acceptors (Lipinski definition) is 4. The van der Waals surface area contributed by atoms with Crippen molar-refractivity contribution < 1.29 is 4.74 Å². The van der Waals surface area contributed by atoms with E-state index in [2.05, 4.69) is 20.1 Å². The van der Waals surface area contributed by atoms with E-state index >= 15 is 0 Å². The fourth-order valence-electron chi connectivity index (χ4n) is 2.24. The maximum atomic E-state index is 5.39. The van der Waals surface area contributed by atoms with Crippen LogP contribution in [-0.2, 0) is 11.3 Å². The fraction of sp³-hybridized carbons (Fsp3) is 0.500. The van der Waals surface area contributed by atoms with Gasteiger partial charge in [0.2, 0.25) is 0 Å². The summed E-state index contributed by atoms with van der Waals surface area (Å²) in [7, 11) is 0. The molecule has 17 heavy (non-hydrogen) atoms. The van der Waals surface area contributed by atoms with Crippen LogP contribution in [0.15, 0.2) is 24.0 Å². The van der Waals surface area contributed by atoms with Crippen LogP contribution in [0.2, 0.25) is 0 Å². The van der Waals surface area contributed by atoms with Crippen molar-refractivity contribution in [2.45, 2.75) is 19.4 Å². The average molecular weight is 249 g/mol. The summed E-state index contributed by atoms with van der Waals surface area (Å²) in [5, 5.41) is 2.04. The molecule has 0 atom stereocenters. The zero-order chi connectivity index (χ0) is 11.5. The monoisotopic (exact) mass is 249 g/mol. The second-order valence-corrected chi connectivity index (χ2v) is 5.03. The molecule has 0 spiro atoms. The smallest absolute Gasteiger partial charge is 0.142 e. The first-order valence-corrected chi connectivity index (χ1v) is 6.76. The predicted octanol–water partition coefficient (Wildman–Crippen LogP) is 2.43.